The molecule has 1 N–H and O–H groups in total. The number of methoxy groups -OCH3 is 1. The zero-order chi connectivity index (χ0) is 19.2. The van der Waals surface area contributed by atoms with Crippen molar-refractivity contribution in [2.24, 2.45) is 0 Å². The van der Waals surface area contributed by atoms with Crippen LogP contribution in [0.2, 0.25) is 0 Å². The summed E-state index contributed by atoms with van der Waals surface area (Å²) in [5, 5.41) is 9.12. The van der Waals surface area contributed by atoms with Crippen LogP contribution in [-0.4, -0.2) is 52.7 Å². The Hall–Kier alpha value is -2.93. The fraction of sp³-hybridized carbons (Fsp3) is 0.350. The summed E-state index contributed by atoms with van der Waals surface area (Å²) >= 11 is 0. The van der Waals surface area contributed by atoms with Gasteiger partial charge in [-0.2, -0.15) is 0 Å². The van der Waals surface area contributed by atoms with Gasteiger partial charge < -0.3 is 19.5 Å². The summed E-state index contributed by atoms with van der Waals surface area (Å²) in [5.74, 6) is -0.828. The van der Waals surface area contributed by atoms with Crippen molar-refractivity contribution < 1.29 is 24.2 Å². The lowest BCUT2D eigenvalue weighted by Gasteiger charge is -2.23. The molecule has 1 fully saturated rings. The molecule has 7 nitrogen and oxygen atoms in total. The van der Waals surface area contributed by atoms with Gasteiger partial charge in [-0.25, -0.2) is 4.98 Å². The Kier molecular flexibility index (Phi) is 6.03. The van der Waals surface area contributed by atoms with E-state index in [9.17, 15) is 9.59 Å². The molecule has 7 heteroatoms. The molecule has 2 aromatic rings. The number of carbonyl (C=O) groups is 2. The first-order valence-electron chi connectivity index (χ1n) is 8.75. The zero-order valence-electron chi connectivity index (χ0n) is 15.1. The molecule has 142 valence electrons. The lowest BCUT2D eigenvalue weighted by Crippen LogP contribution is -2.37. The quantitative estimate of drug-likeness (QED) is 0.805. The zero-order valence-corrected chi connectivity index (χ0v) is 15.1. The number of ether oxygens (including phenoxy) is 2. The third-order valence-corrected chi connectivity index (χ3v) is 4.59. The maximum Gasteiger partial charge on any atom is 0.305 e. The Morgan fingerprint density at radius 1 is 1.26 bits per heavy atom. The summed E-state index contributed by atoms with van der Waals surface area (Å²) in [7, 11) is 1.57. The highest BCUT2D eigenvalue weighted by molar-refractivity contribution is 5.95. The third kappa shape index (κ3) is 4.83. The highest BCUT2D eigenvalue weighted by Crippen LogP contribution is 2.25. The third-order valence-electron chi connectivity index (χ3n) is 4.59. The number of pyridine rings is 1. The highest BCUT2D eigenvalue weighted by Gasteiger charge is 2.37. The molecule has 1 amide bonds. The normalized spacial score (nSPS) is 19.1. The molecule has 0 radical (unpaired) electrons. The Labute approximate surface area is 157 Å². The van der Waals surface area contributed by atoms with Crippen molar-refractivity contribution in [1.29, 1.82) is 0 Å². The largest absolute Gasteiger partial charge is 0.481 e. The standard InChI is InChI=1S/C20H22N2O5/c1-26-17-10-16(11-19(23)24)22(12-17)20(25)15-7-8-21-18(9-15)27-13-14-5-3-2-4-6-14/h2-9,16-17H,10-13H2,1H3,(H,23,24). The number of benzene rings is 1. The summed E-state index contributed by atoms with van der Waals surface area (Å²) in [6.45, 7) is 0.721. The Morgan fingerprint density at radius 3 is 2.74 bits per heavy atom. The van der Waals surface area contributed by atoms with Gasteiger partial charge in [-0.15, -0.1) is 0 Å². The minimum atomic E-state index is -0.934. The van der Waals surface area contributed by atoms with Gasteiger partial charge in [0.25, 0.3) is 5.91 Å². The van der Waals surface area contributed by atoms with Crippen LogP contribution in [0.3, 0.4) is 0 Å². The summed E-state index contributed by atoms with van der Waals surface area (Å²) in [5.41, 5.74) is 1.42. The van der Waals surface area contributed by atoms with E-state index in [0.717, 1.165) is 5.56 Å². The van der Waals surface area contributed by atoms with Gasteiger partial charge in [-0.1, -0.05) is 30.3 Å². The van der Waals surface area contributed by atoms with Crippen LogP contribution in [0.5, 0.6) is 5.88 Å². The second-order valence-corrected chi connectivity index (χ2v) is 6.46. The van der Waals surface area contributed by atoms with Gasteiger partial charge in [0.15, 0.2) is 0 Å². The number of nitrogens with zero attached hydrogens (tertiary/aromatic N) is 2. The number of likely N-dealkylation sites (tertiary alicyclic amines) is 1. The minimum Gasteiger partial charge on any atom is -0.481 e. The molecule has 2 unspecified atom stereocenters. The number of carboxylic acid groups (broad SMARTS) is 1. The van der Waals surface area contributed by atoms with Crippen molar-refractivity contribution in [3.8, 4) is 5.88 Å². The van der Waals surface area contributed by atoms with Crippen molar-refractivity contribution in [3.05, 3.63) is 59.8 Å². The molecule has 3 rings (SSSR count). The topological polar surface area (TPSA) is 89.0 Å². The maximum atomic E-state index is 12.9. The number of hydrogen-bond acceptors (Lipinski definition) is 5. The van der Waals surface area contributed by atoms with Crippen molar-refractivity contribution in [2.45, 2.75) is 31.6 Å². The molecular weight excluding hydrogens is 348 g/mol. The lowest BCUT2D eigenvalue weighted by molar-refractivity contribution is -0.138. The average Bonchev–Trinajstić information content (AvgIpc) is 3.09. The number of hydrogen-bond donors (Lipinski definition) is 1. The molecule has 1 aromatic heterocycles. The van der Waals surface area contributed by atoms with Crippen LogP contribution in [-0.2, 0) is 16.1 Å². The average molecular weight is 370 g/mol. The number of aromatic nitrogens is 1. The van der Waals surface area contributed by atoms with Crippen LogP contribution in [0, 0.1) is 0 Å². The molecule has 1 aromatic carbocycles. The van der Waals surface area contributed by atoms with Crippen molar-refractivity contribution in [1.82, 2.24) is 9.88 Å². The number of carbonyl (C=O) groups excluding carboxylic acids is 1. The predicted molar refractivity (Wildman–Crippen MR) is 97.5 cm³/mol. The van der Waals surface area contributed by atoms with Crippen LogP contribution >= 0.6 is 0 Å². The van der Waals surface area contributed by atoms with Crippen LogP contribution in [0.4, 0.5) is 0 Å². The summed E-state index contributed by atoms with van der Waals surface area (Å²) in [6.07, 6.45) is 1.77. The van der Waals surface area contributed by atoms with Crippen molar-refractivity contribution in [3.63, 3.8) is 0 Å². The molecule has 1 aliphatic heterocycles. The fourth-order valence-electron chi connectivity index (χ4n) is 3.21. The van der Waals surface area contributed by atoms with Gasteiger partial charge in [0.05, 0.1) is 12.5 Å². The first-order chi connectivity index (χ1) is 13.1. The lowest BCUT2D eigenvalue weighted by atomic mass is 10.1. The number of rotatable bonds is 7. The van der Waals surface area contributed by atoms with E-state index in [2.05, 4.69) is 4.98 Å². The van der Waals surface area contributed by atoms with E-state index in [1.807, 2.05) is 30.3 Å². The number of carboxylic acids is 1. The van der Waals surface area contributed by atoms with E-state index < -0.39 is 5.97 Å². The molecule has 1 aliphatic rings. The number of amides is 1. The molecule has 2 heterocycles. The highest BCUT2D eigenvalue weighted by atomic mass is 16.5. The van der Waals surface area contributed by atoms with Gasteiger partial charge in [0, 0.05) is 37.5 Å². The van der Waals surface area contributed by atoms with Crippen LogP contribution in [0.15, 0.2) is 48.7 Å². The Bertz CT molecular complexity index is 796. The summed E-state index contributed by atoms with van der Waals surface area (Å²) in [4.78, 5) is 29.8. The molecule has 0 bridgehead atoms. The second-order valence-electron chi connectivity index (χ2n) is 6.46. The number of aliphatic carboxylic acids is 1. The van der Waals surface area contributed by atoms with E-state index in [1.165, 1.54) is 6.20 Å². The van der Waals surface area contributed by atoms with Gasteiger partial charge >= 0.3 is 5.97 Å². The molecule has 0 aliphatic carbocycles. The molecule has 1 saturated heterocycles. The second kappa shape index (κ2) is 8.64. The van der Waals surface area contributed by atoms with Crippen LogP contribution < -0.4 is 4.74 Å². The van der Waals surface area contributed by atoms with Crippen molar-refractivity contribution >= 4 is 11.9 Å². The molecule has 0 spiro atoms. The minimum absolute atomic E-state index is 0.103. The smallest absolute Gasteiger partial charge is 0.305 e. The summed E-state index contributed by atoms with van der Waals surface area (Å²) < 4.78 is 11.0. The molecule has 2 atom stereocenters. The maximum absolute atomic E-state index is 12.9. The van der Waals surface area contributed by atoms with Crippen LogP contribution in [0.1, 0.15) is 28.8 Å². The predicted octanol–water partition coefficient (Wildman–Crippen LogP) is 2.36. The monoisotopic (exact) mass is 370 g/mol. The van der Waals surface area contributed by atoms with Crippen molar-refractivity contribution in [2.75, 3.05) is 13.7 Å². The first-order valence-corrected chi connectivity index (χ1v) is 8.75. The van der Waals surface area contributed by atoms with Gasteiger partial charge in [0.2, 0.25) is 5.88 Å². The SMILES string of the molecule is COC1CC(CC(=O)O)N(C(=O)c2ccnc(OCc3ccccc3)c2)C1. The van der Waals surface area contributed by atoms with E-state index >= 15 is 0 Å². The first kappa shape index (κ1) is 18.8. The van der Waals surface area contributed by atoms with Gasteiger partial charge in [0.1, 0.15) is 6.61 Å². The fourth-order valence-corrected chi connectivity index (χ4v) is 3.21. The van der Waals surface area contributed by atoms with Crippen LogP contribution in [0.25, 0.3) is 0 Å². The van der Waals surface area contributed by atoms with E-state index in [-0.39, 0.29) is 24.5 Å². The van der Waals surface area contributed by atoms with E-state index in [1.54, 1.807) is 24.1 Å². The molecule has 27 heavy (non-hydrogen) atoms. The summed E-state index contributed by atoms with van der Waals surface area (Å²) in [6, 6.07) is 12.5. The molecular formula is C20H22N2O5. The Balaban J connectivity index is 1.71. The van der Waals surface area contributed by atoms with Gasteiger partial charge in [-0.3, -0.25) is 9.59 Å². The Morgan fingerprint density at radius 2 is 2.04 bits per heavy atom. The van der Waals surface area contributed by atoms with E-state index in [4.69, 9.17) is 14.6 Å². The van der Waals surface area contributed by atoms with E-state index in [0.29, 0.717) is 31.0 Å². The molecule has 0 saturated carbocycles. The van der Waals surface area contributed by atoms with Gasteiger partial charge in [-0.05, 0) is 18.1 Å².